The smallest absolute Gasteiger partial charge is 0.0355 e. The van der Waals surface area contributed by atoms with E-state index in [1.807, 2.05) is 0 Å². The Balaban J connectivity index is 1.30. The number of hydrogen-bond donors (Lipinski definition) is 0. The van der Waals surface area contributed by atoms with Gasteiger partial charge in [-0.2, -0.15) is 0 Å². The summed E-state index contributed by atoms with van der Waals surface area (Å²) in [6.45, 7) is 4.66. The zero-order chi connectivity index (χ0) is 21.0. The van der Waals surface area contributed by atoms with Crippen molar-refractivity contribution in [3.05, 3.63) is 0 Å². The molecular formula is C30H56. The first-order chi connectivity index (χ1) is 14.8. The van der Waals surface area contributed by atoms with Gasteiger partial charge in [-0.05, 0) is 74.0 Å². The van der Waals surface area contributed by atoms with Crippen LogP contribution in [0.1, 0.15) is 155 Å². The van der Waals surface area contributed by atoms with Crippen LogP contribution in [0.5, 0.6) is 0 Å². The molecule has 0 aromatic carbocycles. The molecule has 0 aromatic rings. The normalized spacial score (nSPS) is 33.8. The Morgan fingerprint density at radius 1 is 0.433 bits per heavy atom. The molecule has 6 atom stereocenters. The van der Waals surface area contributed by atoms with Gasteiger partial charge in [-0.15, -0.1) is 0 Å². The van der Waals surface area contributed by atoms with Crippen molar-refractivity contribution in [1.82, 2.24) is 0 Å². The SMILES string of the molecule is CCCCCCCCC1CCC2C(CCC3CC(CCCCCCCC)CCC32)C1. The highest BCUT2D eigenvalue weighted by Gasteiger charge is 2.44. The minimum Gasteiger partial charge on any atom is -0.0654 e. The number of unbranched alkanes of at least 4 members (excludes halogenated alkanes) is 10. The molecule has 3 saturated carbocycles. The van der Waals surface area contributed by atoms with E-state index < -0.39 is 0 Å². The molecule has 0 N–H and O–H groups in total. The molecule has 0 spiro atoms. The Bertz CT molecular complexity index is 386. The highest BCUT2D eigenvalue weighted by molar-refractivity contribution is 4.94. The Labute approximate surface area is 190 Å². The number of rotatable bonds is 14. The van der Waals surface area contributed by atoms with Crippen LogP contribution in [0.2, 0.25) is 0 Å². The van der Waals surface area contributed by atoms with Crippen LogP contribution in [0.4, 0.5) is 0 Å². The van der Waals surface area contributed by atoms with Crippen LogP contribution < -0.4 is 0 Å². The van der Waals surface area contributed by atoms with E-state index in [-0.39, 0.29) is 0 Å². The molecule has 3 fully saturated rings. The first-order valence-electron chi connectivity index (χ1n) is 14.8. The minimum atomic E-state index is 1.10. The molecule has 0 radical (unpaired) electrons. The van der Waals surface area contributed by atoms with Gasteiger partial charge < -0.3 is 0 Å². The molecule has 3 rings (SSSR count). The van der Waals surface area contributed by atoms with Crippen LogP contribution in [-0.2, 0) is 0 Å². The topological polar surface area (TPSA) is 0 Å². The fourth-order valence-corrected chi connectivity index (χ4v) is 7.94. The lowest BCUT2D eigenvalue weighted by Gasteiger charge is -2.51. The fraction of sp³-hybridized carbons (Fsp3) is 1.00. The van der Waals surface area contributed by atoms with Gasteiger partial charge in [0, 0.05) is 0 Å². The van der Waals surface area contributed by atoms with Crippen LogP contribution in [0.3, 0.4) is 0 Å². The largest absolute Gasteiger partial charge is 0.0654 e. The van der Waals surface area contributed by atoms with Crippen molar-refractivity contribution in [3.8, 4) is 0 Å². The summed E-state index contributed by atoms with van der Waals surface area (Å²) in [5.41, 5.74) is 0. The summed E-state index contributed by atoms with van der Waals surface area (Å²) >= 11 is 0. The standard InChI is InChI=1S/C30H56/c1-3-5-7-9-11-13-15-25-17-21-29-27(23-25)19-20-28-24-26(18-22-30(28)29)16-14-12-10-8-6-4-2/h25-30H,3-24H2,1-2H3. The highest BCUT2D eigenvalue weighted by atomic mass is 14.5. The second-order valence-corrected chi connectivity index (χ2v) is 11.9. The van der Waals surface area contributed by atoms with E-state index in [0.717, 1.165) is 35.5 Å². The quantitative estimate of drug-likeness (QED) is 0.247. The first kappa shape index (κ1) is 24.6. The summed E-state index contributed by atoms with van der Waals surface area (Å²) in [6.07, 6.45) is 33.6. The number of fused-ring (bicyclic) bond motifs is 3. The van der Waals surface area contributed by atoms with Crippen LogP contribution in [0.15, 0.2) is 0 Å². The van der Waals surface area contributed by atoms with Crippen LogP contribution in [0, 0.1) is 35.5 Å². The average molecular weight is 417 g/mol. The maximum Gasteiger partial charge on any atom is -0.0355 e. The molecule has 176 valence electrons. The van der Waals surface area contributed by atoms with E-state index in [2.05, 4.69) is 13.8 Å². The summed E-state index contributed by atoms with van der Waals surface area (Å²) in [5.74, 6) is 6.72. The number of hydrogen-bond acceptors (Lipinski definition) is 0. The average Bonchev–Trinajstić information content (AvgIpc) is 2.78. The van der Waals surface area contributed by atoms with Crippen molar-refractivity contribution in [1.29, 1.82) is 0 Å². The second kappa shape index (κ2) is 14.2. The zero-order valence-electron chi connectivity index (χ0n) is 21.0. The maximum atomic E-state index is 2.33. The van der Waals surface area contributed by atoms with Gasteiger partial charge in [-0.25, -0.2) is 0 Å². The van der Waals surface area contributed by atoms with Crippen molar-refractivity contribution >= 4 is 0 Å². The molecule has 0 heterocycles. The van der Waals surface area contributed by atoms with Crippen molar-refractivity contribution < 1.29 is 0 Å². The fourth-order valence-electron chi connectivity index (χ4n) is 7.94. The van der Waals surface area contributed by atoms with Gasteiger partial charge in [0.1, 0.15) is 0 Å². The third kappa shape index (κ3) is 7.85. The van der Waals surface area contributed by atoms with E-state index in [9.17, 15) is 0 Å². The van der Waals surface area contributed by atoms with Crippen molar-refractivity contribution in [2.75, 3.05) is 0 Å². The molecule has 30 heavy (non-hydrogen) atoms. The third-order valence-electron chi connectivity index (χ3n) is 9.69. The molecule has 0 nitrogen and oxygen atoms in total. The van der Waals surface area contributed by atoms with Gasteiger partial charge in [0.15, 0.2) is 0 Å². The second-order valence-electron chi connectivity index (χ2n) is 11.9. The lowest BCUT2D eigenvalue weighted by atomic mass is 9.55. The molecule has 0 amide bonds. The molecule has 0 bridgehead atoms. The van der Waals surface area contributed by atoms with Crippen LogP contribution in [-0.4, -0.2) is 0 Å². The minimum absolute atomic E-state index is 1.10. The highest BCUT2D eigenvalue weighted by Crippen LogP contribution is 2.54. The van der Waals surface area contributed by atoms with Gasteiger partial charge in [-0.1, -0.05) is 117 Å². The Hall–Kier alpha value is 0. The van der Waals surface area contributed by atoms with E-state index in [1.54, 1.807) is 64.2 Å². The van der Waals surface area contributed by atoms with E-state index in [1.165, 1.54) is 77.0 Å². The summed E-state index contributed by atoms with van der Waals surface area (Å²) in [5, 5.41) is 0. The maximum absolute atomic E-state index is 2.33. The monoisotopic (exact) mass is 416 g/mol. The molecule has 3 aliphatic rings. The molecule has 0 saturated heterocycles. The van der Waals surface area contributed by atoms with E-state index in [4.69, 9.17) is 0 Å². The molecular weight excluding hydrogens is 360 g/mol. The van der Waals surface area contributed by atoms with E-state index in [0.29, 0.717) is 0 Å². The summed E-state index contributed by atoms with van der Waals surface area (Å²) < 4.78 is 0. The molecule has 6 unspecified atom stereocenters. The van der Waals surface area contributed by atoms with Crippen molar-refractivity contribution in [2.24, 2.45) is 35.5 Å². The predicted octanol–water partition coefficient (Wildman–Crippen LogP) is 10.3. The molecule has 0 aromatic heterocycles. The third-order valence-corrected chi connectivity index (χ3v) is 9.69. The predicted molar refractivity (Wildman–Crippen MR) is 134 cm³/mol. The molecule has 0 heteroatoms. The van der Waals surface area contributed by atoms with Crippen molar-refractivity contribution in [2.45, 2.75) is 155 Å². The molecule has 3 aliphatic carbocycles. The lowest BCUT2D eigenvalue weighted by molar-refractivity contribution is -0.00461. The van der Waals surface area contributed by atoms with Gasteiger partial charge in [0.25, 0.3) is 0 Å². The zero-order valence-corrected chi connectivity index (χ0v) is 21.0. The van der Waals surface area contributed by atoms with Gasteiger partial charge in [0.05, 0.1) is 0 Å². The Morgan fingerprint density at radius 3 is 1.27 bits per heavy atom. The lowest BCUT2D eigenvalue weighted by Crippen LogP contribution is -2.41. The Kier molecular flexibility index (Phi) is 11.7. The Morgan fingerprint density at radius 2 is 0.833 bits per heavy atom. The summed E-state index contributed by atoms with van der Waals surface area (Å²) in [4.78, 5) is 0. The molecule has 0 aliphatic heterocycles. The van der Waals surface area contributed by atoms with Crippen molar-refractivity contribution in [3.63, 3.8) is 0 Å². The summed E-state index contributed by atoms with van der Waals surface area (Å²) in [6, 6.07) is 0. The van der Waals surface area contributed by atoms with Crippen LogP contribution in [0.25, 0.3) is 0 Å². The van der Waals surface area contributed by atoms with E-state index >= 15 is 0 Å². The first-order valence-corrected chi connectivity index (χ1v) is 14.8. The van der Waals surface area contributed by atoms with Gasteiger partial charge in [-0.3, -0.25) is 0 Å². The summed E-state index contributed by atoms with van der Waals surface area (Å²) in [7, 11) is 0. The van der Waals surface area contributed by atoms with Gasteiger partial charge in [0.2, 0.25) is 0 Å². The van der Waals surface area contributed by atoms with Gasteiger partial charge >= 0.3 is 0 Å². The van der Waals surface area contributed by atoms with Crippen LogP contribution >= 0.6 is 0 Å².